The van der Waals surface area contributed by atoms with Crippen LogP contribution in [0.3, 0.4) is 0 Å². The number of hydrogen-bond acceptors (Lipinski definition) is 2. The third-order valence-electron chi connectivity index (χ3n) is 4.78. The first-order valence-electron chi connectivity index (χ1n) is 8.56. The van der Waals surface area contributed by atoms with Crippen LogP contribution in [-0.2, 0) is 19.4 Å². The molecule has 136 valence electrons. The Morgan fingerprint density at radius 3 is 2.69 bits per heavy atom. The maximum Gasteiger partial charge on any atom is 0.219 e. The Hall–Kier alpha value is -2.76. The Bertz CT molecular complexity index is 993. The lowest BCUT2D eigenvalue weighted by atomic mass is 10.1. The molecule has 0 amide bonds. The smallest absolute Gasteiger partial charge is 0.219 e. The molecule has 0 unspecified atom stereocenters. The van der Waals surface area contributed by atoms with E-state index in [1.165, 1.54) is 18.3 Å². The summed E-state index contributed by atoms with van der Waals surface area (Å²) in [6, 6.07) is 3.55. The molecule has 0 aliphatic carbocycles. The van der Waals surface area contributed by atoms with E-state index in [-0.39, 0.29) is 0 Å². The summed E-state index contributed by atoms with van der Waals surface area (Å²) in [4.78, 5) is 0.561. The van der Waals surface area contributed by atoms with Crippen LogP contribution in [0.5, 0.6) is 0 Å². The maximum atomic E-state index is 13.9. The lowest BCUT2D eigenvalue weighted by molar-refractivity contribution is -0.668. The van der Waals surface area contributed by atoms with Crippen LogP contribution in [0.1, 0.15) is 29.4 Å². The van der Waals surface area contributed by atoms with Crippen molar-refractivity contribution in [2.24, 2.45) is 0 Å². The average molecular weight is 357 g/mol. The molecule has 3 rings (SSSR count). The molecule has 1 aromatic carbocycles. The zero-order chi connectivity index (χ0) is 18.8. The number of halogens is 2. The molecule has 0 bridgehead atoms. The van der Waals surface area contributed by atoms with E-state index in [9.17, 15) is 14.0 Å². The first-order valence-corrected chi connectivity index (χ1v) is 8.56. The molecule has 2 heterocycles. The molecular formula is C20H21F2N3O. The van der Waals surface area contributed by atoms with Crippen LogP contribution >= 0.6 is 0 Å². The van der Waals surface area contributed by atoms with E-state index < -0.39 is 11.6 Å². The fraction of sp³-hybridized carbons (Fsp3) is 0.300. The van der Waals surface area contributed by atoms with Crippen molar-refractivity contribution in [3.05, 3.63) is 75.9 Å². The monoisotopic (exact) mass is 357 g/mol. The lowest BCUT2D eigenvalue weighted by Crippen LogP contribution is -2.32. The van der Waals surface area contributed by atoms with E-state index in [4.69, 9.17) is 0 Å². The highest BCUT2D eigenvalue weighted by atomic mass is 19.1. The first kappa shape index (κ1) is 18.0. The highest BCUT2D eigenvalue weighted by Crippen LogP contribution is 2.27. The van der Waals surface area contributed by atoms with Gasteiger partial charge in [0.05, 0.1) is 10.9 Å². The molecule has 0 saturated heterocycles. The third kappa shape index (κ3) is 3.31. The van der Waals surface area contributed by atoms with Gasteiger partial charge >= 0.3 is 0 Å². The Morgan fingerprint density at radius 1 is 1.23 bits per heavy atom. The minimum atomic E-state index is -0.602. The summed E-state index contributed by atoms with van der Waals surface area (Å²) in [6.45, 7) is 6.62. The first-order chi connectivity index (χ1) is 12.4. The van der Waals surface area contributed by atoms with Crippen molar-refractivity contribution in [1.29, 1.82) is 0 Å². The normalized spacial score (nSPS) is 11.7. The lowest BCUT2D eigenvalue weighted by Gasteiger charge is -2.09. The van der Waals surface area contributed by atoms with Gasteiger partial charge in [-0.1, -0.05) is 23.1 Å². The minimum Gasteiger partial charge on any atom is -0.594 e. The van der Waals surface area contributed by atoms with Crippen molar-refractivity contribution in [2.45, 2.75) is 40.2 Å². The topological polar surface area (TPSA) is 44.8 Å². The molecule has 0 radical (unpaired) electrons. The van der Waals surface area contributed by atoms with Crippen molar-refractivity contribution in [1.82, 2.24) is 9.67 Å². The van der Waals surface area contributed by atoms with Crippen LogP contribution in [0.15, 0.2) is 36.5 Å². The summed E-state index contributed by atoms with van der Waals surface area (Å²) in [6.07, 6.45) is 6.21. The highest BCUT2D eigenvalue weighted by Gasteiger charge is 2.19. The van der Waals surface area contributed by atoms with Crippen molar-refractivity contribution >= 4 is 10.9 Å². The standard InChI is InChI=1S/C20H21F2N3O/c1-4-5-10-24-14(3)13(2)17-12-25(26)23-19(20(17)24)9-7-15-6-8-16(21)11-18(15)22/h4-6,8,11-12H,7,9-10H2,1-3H3/b5-4+. The second kappa shape index (κ2) is 7.23. The van der Waals surface area contributed by atoms with Crippen LogP contribution in [0.4, 0.5) is 8.78 Å². The number of allylic oxidation sites excluding steroid dienone is 2. The molecule has 6 heteroatoms. The molecule has 0 atom stereocenters. The van der Waals surface area contributed by atoms with Crippen molar-refractivity contribution in [2.75, 3.05) is 0 Å². The summed E-state index contributed by atoms with van der Waals surface area (Å²) in [7, 11) is 0. The van der Waals surface area contributed by atoms with Crippen LogP contribution in [-0.4, -0.2) is 9.67 Å². The zero-order valence-electron chi connectivity index (χ0n) is 15.1. The predicted molar refractivity (Wildman–Crippen MR) is 96.7 cm³/mol. The van der Waals surface area contributed by atoms with E-state index in [1.807, 2.05) is 32.9 Å². The number of fused-ring (bicyclic) bond motifs is 1. The Morgan fingerprint density at radius 2 is 2.00 bits per heavy atom. The van der Waals surface area contributed by atoms with Gasteiger partial charge in [-0.15, -0.1) is 0 Å². The molecule has 4 nitrogen and oxygen atoms in total. The predicted octanol–water partition coefficient (Wildman–Crippen LogP) is 3.93. The van der Waals surface area contributed by atoms with Gasteiger partial charge in [0.25, 0.3) is 0 Å². The molecule has 2 aromatic heterocycles. The molecule has 0 N–H and O–H groups in total. The van der Waals surface area contributed by atoms with Gasteiger partial charge in [-0.05, 0) is 44.4 Å². The molecule has 0 saturated carbocycles. The van der Waals surface area contributed by atoms with Crippen molar-refractivity contribution < 1.29 is 13.6 Å². The summed E-state index contributed by atoms with van der Waals surface area (Å²) in [5, 5.41) is 16.9. The van der Waals surface area contributed by atoms with Gasteiger partial charge in [0.1, 0.15) is 17.3 Å². The van der Waals surface area contributed by atoms with Gasteiger partial charge in [0.2, 0.25) is 6.20 Å². The summed E-state index contributed by atoms with van der Waals surface area (Å²) in [5.41, 5.74) is 4.02. The van der Waals surface area contributed by atoms with E-state index in [0.29, 0.717) is 35.5 Å². The molecule has 0 aliphatic rings. The second-order valence-corrected chi connectivity index (χ2v) is 6.37. The van der Waals surface area contributed by atoms with Crippen molar-refractivity contribution in [3.63, 3.8) is 0 Å². The van der Waals surface area contributed by atoms with E-state index >= 15 is 0 Å². The number of nitrogens with zero attached hydrogens (tertiary/aromatic N) is 3. The summed E-state index contributed by atoms with van der Waals surface area (Å²) >= 11 is 0. The summed E-state index contributed by atoms with van der Waals surface area (Å²) in [5.74, 6) is -1.18. The largest absolute Gasteiger partial charge is 0.594 e. The van der Waals surface area contributed by atoms with E-state index in [2.05, 4.69) is 9.67 Å². The molecule has 0 aliphatic heterocycles. The number of benzene rings is 1. The molecule has 0 spiro atoms. The fourth-order valence-electron chi connectivity index (χ4n) is 3.25. The third-order valence-corrected chi connectivity index (χ3v) is 4.78. The highest BCUT2D eigenvalue weighted by molar-refractivity contribution is 5.85. The number of aryl methyl sites for hydroxylation is 3. The van der Waals surface area contributed by atoms with Gasteiger partial charge in [-0.2, -0.15) is 0 Å². The molecule has 0 fully saturated rings. The van der Waals surface area contributed by atoms with E-state index in [1.54, 1.807) is 0 Å². The van der Waals surface area contributed by atoms with Gasteiger partial charge in [-0.3, -0.25) is 0 Å². The minimum absolute atomic E-state index is 0.338. The maximum absolute atomic E-state index is 13.9. The number of aromatic nitrogens is 3. The van der Waals surface area contributed by atoms with Gasteiger partial charge in [0.15, 0.2) is 0 Å². The zero-order valence-corrected chi connectivity index (χ0v) is 15.1. The summed E-state index contributed by atoms with van der Waals surface area (Å²) < 4.78 is 29.1. The van der Waals surface area contributed by atoms with Crippen molar-refractivity contribution in [3.8, 4) is 0 Å². The van der Waals surface area contributed by atoms with Gasteiger partial charge in [-0.25, -0.2) is 8.78 Å². The number of hydrogen-bond donors (Lipinski definition) is 0. The molecular weight excluding hydrogens is 336 g/mol. The Kier molecular flexibility index (Phi) is 5.02. The molecule has 3 aromatic rings. The van der Waals surface area contributed by atoms with Crippen LogP contribution < -0.4 is 4.85 Å². The van der Waals surface area contributed by atoms with Crippen LogP contribution in [0.2, 0.25) is 0 Å². The quantitative estimate of drug-likeness (QED) is 0.395. The van der Waals surface area contributed by atoms with E-state index in [0.717, 1.165) is 28.2 Å². The van der Waals surface area contributed by atoms with Gasteiger partial charge in [0, 0.05) is 29.8 Å². The second-order valence-electron chi connectivity index (χ2n) is 6.37. The molecule has 26 heavy (non-hydrogen) atoms. The van der Waals surface area contributed by atoms with Crippen LogP contribution in [0, 0.1) is 30.7 Å². The SMILES string of the molecule is C/C=C/Cn1c(C)c(C)c2c[n+]([O-])nc(CCc3ccc(F)cc3F)c21. The Labute approximate surface area is 151 Å². The van der Waals surface area contributed by atoms with Crippen LogP contribution in [0.25, 0.3) is 10.9 Å². The fourth-order valence-corrected chi connectivity index (χ4v) is 3.25. The van der Waals surface area contributed by atoms with Gasteiger partial charge < -0.3 is 9.77 Å². The average Bonchev–Trinajstić information content (AvgIpc) is 2.83. The Balaban J connectivity index is 2.05. The number of rotatable bonds is 5.